The molecule has 1 aliphatic heterocycles. The van der Waals surface area contributed by atoms with E-state index in [2.05, 4.69) is 5.32 Å². The van der Waals surface area contributed by atoms with E-state index in [0.717, 1.165) is 25.9 Å². The molecule has 3 rings (SSSR count). The van der Waals surface area contributed by atoms with Gasteiger partial charge < -0.3 is 15.8 Å². The van der Waals surface area contributed by atoms with Crippen molar-refractivity contribution in [1.82, 2.24) is 10.2 Å². The molecule has 0 atom stereocenters. The zero-order valence-corrected chi connectivity index (χ0v) is 14.6. The summed E-state index contributed by atoms with van der Waals surface area (Å²) in [5.41, 5.74) is 5.74. The molecule has 0 radical (unpaired) electrons. The molecule has 6 heteroatoms. The molecule has 1 saturated heterocycles. The van der Waals surface area contributed by atoms with Crippen LogP contribution in [0, 0.1) is 0 Å². The smallest absolute Gasteiger partial charge is 0.255 e. The van der Waals surface area contributed by atoms with Gasteiger partial charge in [-0.3, -0.25) is 14.5 Å². The second kappa shape index (κ2) is 8.49. The fourth-order valence-electron chi connectivity index (χ4n) is 3.08. The number of primary amides is 1. The molecule has 2 aromatic carbocycles. The van der Waals surface area contributed by atoms with E-state index in [1.165, 1.54) is 0 Å². The number of ether oxygens (including phenoxy) is 1. The number of para-hydroxylation sites is 2. The molecule has 0 bridgehead atoms. The van der Waals surface area contributed by atoms with Crippen LogP contribution in [-0.2, 0) is 4.79 Å². The highest BCUT2D eigenvalue weighted by molar-refractivity contribution is 5.97. The molecule has 2 amide bonds. The quantitative estimate of drug-likeness (QED) is 0.833. The minimum atomic E-state index is -0.320. The number of nitrogens with two attached hydrogens (primary N) is 1. The van der Waals surface area contributed by atoms with Crippen molar-refractivity contribution in [2.75, 3.05) is 19.6 Å². The van der Waals surface area contributed by atoms with Gasteiger partial charge in [-0.2, -0.15) is 0 Å². The van der Waals surface area contributed by atoms with Gasteiger partial charge in [-0.25, -0.2) is 0 Å². The Kier molecular flexibility index (Phi) is 5.86. The minimum Gasteiger partial charge on any atom is -0.457 e. The highest BCUT2D eigenvalue weighted by Gasteiger charge is 2.23. The van der Waals surface area contributed by atoms with Gasteiger partial charge in [0.25, 0.3) is 5.91 Å². The van der Waals surface area contributed by atoms with Gasteiger partial charge in [0.05, 0.1) is 12.1 Å². The second-order valence-corrected chi connectivity index (χ2v) is 6.40. The van der Waals surface area contributed by atoms with Crippen LogP contribution in [-0.4, -0.2) is 42.4 Å². The molecule has 0 spiro atoms. The first kappa shape index (κ1) is 17.9. The van der Waals surface area contributed by atoms with Gasteiger partial charge in [0.2, 0.25) is 5.91 Å². The lowest BCUT2D eigenvalue weighted by atomic mass is 10.0. The lowest BCUT2D eigenvalue weighted by Gasteiger charge is -2.31. The van der Waals surface area contributed by atoms with Crippen molar-refractivity contribution in [2.45, 2.75) is 18.9 Å². The van der Waals surface area contributed by atoms with E-state index in [-0.39, 0.29) is 24.4 Å². The highest BCUT2D eigenvalue weighted by atomic mass is 16.5. The molecule has 1 heterocycles. The Morgan fingerprint density at radius 1 is 1.04 bits per heavy atom. The van der Waals surface area contributed by atoms with Crippen molar-refractivity contribution in [3.8, 4) is 11.5 Å². The number of hydrogen-bond acceptors (Lipinski definition) is 4. The summed E-state index contributed by atoms with van der Waals surface area (Å²) >= 11 is 0. The number of carbonyl (C=O) groups is 2. The Labute approximate surface area is 152 Å². The Balaban J connectivity index is 1.61. The number of piperidine rings is 1. The number of nitrogens with zero attached hydrogens (tertiary/aromatic N) is 1. The zero-order valence-electron chi connectivity index (χ0n) is 14.6. The van der Waals surface area contributed by atoms with Gasteiger partial charge in [0.15, 0.2) is 0 Å². The molecule has 1 aliphatic rings. The van der Waals surface area contributed by atoms with Gasteiger partial charge >= 0.3 is 0 Å². The van der Waals surface area contributed by atoms with Gasteiger partial charge in [0.1, 0.15) is 11.5 Å². The monoisotopic (exact) mass is 353 g/mol. The summed E-state index contributed by atoms with van der Waals surface area (Å²) in [6.45, 7) is 1.76. The van der Waals surface area contributed by atoms with E-state index in [9.17, 15) is 9.59 Å². The average molecular weight is 353 g/mol. The van der Waals surface area contributed by atoms with Crippen LogP contribution < -0.4 is 15.8 Å². The van der Waals surface area contributed by atoms with E-state index in [0.29, 0.717) is 17.1 Å². The number of benzene rings is 2. The van der Waals surface area contributed by atoms with E-state index < -0.39 is 0 Å². The second-order valence-electron chi connectivity index (χ2n) is 6.40. The standard InChI is InChI=1S/C20H23N3O3/c21-19(24)14-23-12-10-15(11-13-23)22-20(25)17-8-4-5-9-18(17)26-16-6-2-1-3-7-16/h1-9,15H,10-14H2,(H2,21,24)(H,22,25). The predicted octanol–water partition coefficient (Wildman–Crippen LogP) is 2.16. The fourth-order valence-corrected chi connectivity index (χ4v) is 3.08. The Morgan fingerprint density at radius 2 is 1.69 bits per heavy atom. The summed E-state index contributed by atoms with van der Waals surface area (Å²) in [4.78, 5) is 25.7. The third-order valence-corrected chi connectivity index (χ3v) is 4.40. The zero-order chi connectivity index (χ0) is 18.4. The number of likely N-dealkylation sites (tertiary alicyclic amines) is 1. The third kappa shape index (κ3) is 4.83. The number of hydrogen-bond donors (Lipinski definition) is 2. The maximum atomic E-state index is 12.7. The average Bonchev–Trinajstić information content (AvgIpc) is 2.64. The van der Waals surface area contributed by atoms with Crippen LogP contribution >= 0.6 is 0 Å². The van der Waals surface area contributed by atoms with Crippen molar-refractivity contribution in [3.63, 3.8) is 0 Å². The highest BCUT2D eigenvalue weighted by Crippen LogP contribution is 2.25. The molecule has 0 aliphatic carbocycles. The number of rotatable bonds is 6. The van der Waals surface area contributed by atoms with Crippen molar-refractivity contribution in [2.24, 2.45) is 5.73 Å². The molecule has 0 saturated carbocycles. The molecule has 3 N–H and O–H groups in total. The summed E-state index contributed by atoms with van der Waals surface area (Å²) < 4.78 is 5.86. The van der Waals surface area contributed by atoms with Gasteiger partial charge in [-0.05, 0) is 37.1 Å². The maximum absolute atomic E-state index is 12.7. The first-order valence-electron chi connectivity index (χ1n) is 8.75. The van der Waals surface area contributed by atoms with Gasteiger partial charge in [-0.1, -0.05) is 30.3 Å². The summed E-state index contributed by atoms with van der Waals surface area (Å²) in [6.07, 6.45) is 1.58. The topological polar surface area (TPSA) is 84.7 Å². The molecular formula is C20H23N3O3. The van der Waals surface area contributed by atoms with Crippen LogP contribution in [0.2, 0.25) is 0 Å². The van der Waals surface area contributed by atoms with E-state index >= 15 is 0 Å². The van der Waals surface area contributed by atoms with Crippen LogP contribution in [0.1, 0.15) is 23.2 Å². The lowest BCUT2D eigenvalue weighted by Crippen LogP contribution is -2.46. The fraction of sp³-hybridized carbons (Fsp3) is 0.300. The summed E-state index contributed by atoms with van der Waals surface area (Å²) in [6, 6.07) is 16.7. The molecule has 26 heavy (non-hydrogen) atoms. The van der Waals surface area contributed by atoms with Crippen LogP contribution in [0.5, 0.6) is 11.5 Å². The normalized spacial score (nSPS) is 15.4. The van der Waals surface area contributed by atoms with Crippen LogP contribution in [0.25, 0.3) is 0 Å². The van der Waals surface area contributed by atoms with Crippen molar-refractivity contribution < 1.29 is 14.3 Å². The first-order chi connectivity index (χ1) is 12.6. The summed E-state index contributed by atoms with van der Waals surface area (Å²) in [7, 11) is 0. The summed E-state index contributed by atoms with van der Waals surface area (Å²) in [5, 5.41) is 3.07. The molecule has 136 valence electrons. The number of nitrogens with one attached hydrogen (secondary N) is 1. The number of amides is 2. The Bertz CT molecular complexity index is 756. The van der Waals surface area contributed by atoms with Crippen molar-refractivity contribution in [3.05, 3.63) is 60.2 Å². The summed E-state index contributed by atoms with van der Waals surface area (Å²) in [5.74, 6) is 0.749. The number of carbonyl (C=O) groups excluding carboxylic acids is 2. The Morgan fingerprint density at radius 3 is 2.38 bits per heavy atom. The van der Waals surface area contributed by atoms with Crippen LogP contribution in [0.3, 0.4) is 0 Å². The Hall–Kier alpha value is -2.86. The van der Waals surface area contributed by atoms with Crippen molar-refractivity contribution in [1.29, 1.82) is 0 Å². The SMILES string of the molecule is NC(=O)CN1CCC(NC(=O)c2ccccc2Oc2ccccc2)CC1. The van der Waals surface area contributed by atoms with Crippen LogP contribution in [0.4, 0.5) is 0 Å². The van der Waals surface area contributed by atoms with E-state index in [4.69, 9.17) is 10.5 Å². The van der Waals surface area contributed by atoms with Crippen LogP contribution in [0.15, 0.2) is 54.6 Å². The third-order valence-electron chi connectivity index (χ3n) is 4.40. The first-order valence-corrected chi connectivity index (χ1v) is 8.75. The molecule has 0 unspecified atom stereocenters. The minimum absolute atomic E-state index is 0.0800. The largest absolute Gasteiger partial charge is 0.457 e. The van der Waals surface area contributed by atoms with Crippen molar-refractivity contribution >= 4 is 11.8 Å². The molecule has 1 fully saturated rings. The van der Waals surface area contributed by atoms with Gasteiger partial charge in [0, 0.05) is 19.1 Å². The van der Waals surface area contributed by atoms with E-state index in [1.807, 2.05) is 47.4 Å². The molecule has 2 aromatic rings. The predicted molar refractivity (Wildman–Crippen MR) is 99.1 cm³/mol. The van der Waals surface area contributed by atoms with E-state index in [1.54, 1.807) is 12.1 Å². The molecular weight excluding hydrogens is 330 g/mol. The lowest BCUT2D eigenvalue weighted by molar-refractivity contribution is -0.119. The maximum Gasteiger partial charge on any atom is 0.255 e. The molecule has 6 nitrogen and oxygen atoms in total. The molecule has 0 aromatic heterocycles. The van der Waals surface area contributed by atoms with Gasteiger partial charge in [-0.15, -0.1) is 0 Å².